The molecule has 1 aromatic heterocycles. The highest BCUT2D eigenvalue weighted by Gasteiger charge is 2.31. The number of anilines is 1. The van der Waals surface area contributed by atoms with E-state index in [1.807, 2.05) is 13.8 Å². The van der Waals surface area contributed by atoms with Crippen molar-refractivity contribution in [2.75, 3.05) is 32.0 Å². The summed E-state index contributed by atoms with van der Waals surface area (Å²) < 4.78 is 21.5. The molecule has 2 aromatic carbocycles. The largest absolute Gasteiger partial charge is 0.389 e. The number of aliphatic hydroxyl groups is 1. The average Bonchev–Trinajstić information content (AvgIpc) is 3.98. The molecule has 1 unspecified atom stereocenters. The van der Waals surface area contributed by atoms with Gasteiger partial charge in [-0.3, -0.25) is 9.79 Å². The number of thiophene rings is 1. The number of amides is 1. The van der Waals surface area contributed by atoms with Crippen LogP contribution in [0.5, 0.6) is 0 Å². The predicted octanol–water partition coefficient (Wildman–Crippen LogP) is 10.4. The van der Waals surface area contributed by atoms with Crippen LogP contribution in [0.25, 0.3) is 21.2 Å². The van der Waals surface area contributed by atoms with Gasteiger partial charge in [0.2, 0.25) is 5.91 Å². The van der Waals surface area contributed by atoms with Crippen molar-refractivity contribution >= 4 is 43.9 Å². The smallest absolute Gasteiger partial charge is 0.243 e. The lowest BCUT2D eigenvalue weighted by Crippen LogP contribution is -2.36. The number of nitriles is 1. The van der Waals surface area contributed by atoms with Crippen LogP contribution >= 0.6 is 11.3 Å². The number of nitrogen functional groups attached to an aromatic ring is 1. The number of carbonyl (C=O) groups excluding carboxylic acids is 1. The van der Waals surface area contributed by atoms with E-state index in [0.717, 1.165) is 101 Å². The van der Waals surface area contributed by atoms with Gasteiger partial charge in [0.25, 0.3) is 0 Å². The van der Waals surface area contributed by atoms with E-state index in [0.29, 0.717) is 45.5 Å². The summed E-state index contributed by atoms with van der Waals surface area (Å²) in [6.07, 6.45) is 18.0. The Kier molecular flexibility index (Phi) is 27.1. The van der Waals surface area contributed by atoms with Gasteiger partial charge in [-0.05, 0) is 84.6 Å². The van der Waals surface area contributed by atoms with E-state index in [2.05, 4.69) is 96.3 Å². The molecule has 3 heterocycles. The molecule has 0 bridgehead atoms. The Morgan fingerprint density at radius 1 is 1.15 bits per heavy atom. The fraction of sp³-hybridized carbons (Fsp3) is 0.532. The summed E-state index contributed by atoms with van der Waals surface area (Å²) in [5.74, 6) is 1.37. The summed E-state index contributed by atoms with van der Waals surface area (Å²) >= 11 is 1.12. The van der Waals surface area contributed by atoms with Crippen molar-refractivity contribution in [2.45, 2.75) is 134 Å². The molecule has 2 aliphatic heterocycles. The lowest BCUT2D eigenvalue weighted by atomic mass is 9.82. The van der Waals surface area contributed by atoms with Gasteiger partial charge in [-0.25, -0.2) is 4.39 Å². The quantitative estimate of drug-likeness (QED) is 0.0726. The number of carbonyl (C=O) groups is 1. The molecule has 0 aliphatic carbocycles. The predicted molar refractivity (Wildman–Crippen MR) is 249 cm³/mol. The maximum Gasteiger partial charge on any atom is 0.243 e. The monoisotopic (exact) mass is 834 g/mol. The molecule has 0 radical (unpaired) electrons. The zero-order valence-corrected chi connectivity index (χ0v) is 38.5. The van der Waals surface area contributed by atoms with Gasteiger partial charge >= 0.3 is 0 Å². The van der Waals surface area contributed by atoms with Crippen molar-refractivity contribution in [3.05, 3.63) is 63.2 Å². The van der Waals surface area contributed by atoms with Gasteiger partial charge < -0.3 is 36.9 Å². The highest BCUT2D eigenvalue weighted by Crippen LogP contribution is 2.46. The number of nitrogens with two attached hydrogens (primary N) is 2. The van der Waals surface area contributed by atoms with Crippen LogP contribution in [0.1, 0.15) is 141 Å². The number of hydrogen-bond donors (Lipinski definition) is 5. The fourth-order valence-electron chi connectivity index (χ4n) is 6.41. The number of nitrogens with one attached hydrogen (secondary N) is 2. The topological polar surface area (TPSA) is 174 Å². The number of benzene rings is 2. The molecule has 0 saturated carbocycles. The third-order valence-electron chi connectivity index (χ3n) is 9.15. The second-order valence-electron chi connectivity index (χ2n) is 14.0. The highest BCUT2D eigenvalue weighted by atomic mass is 32.1. The number of rotatable bonds is 11. The van der Waals surface area contributed by atoms with Crippen LogP contribution in [0.3, 0.4) is 0 Å². The van der Waals surface area contributed by atoms with Gasteiger partial charge in [-0.2, -0.15) is 5.26 Å². The van der Waals surface area contributed by atoms with Crippen LogP contribution in [0.4, 0.5) is 9.39 Å². The van der Waals surface area contributed by atoms with Gasteiger partial charge in [0.15, 0.2) is 0 Å². The zero-order chi connectivity index (χ0) is 45.2. The number of aliphatic imine (C=N–C) groups is 1. The Balaban J connectivity index is 0.00000182. The Morgan fingerprint density at radius 3 is 2.22 bits per heavy atom. The van der Waals surface area contributed by atoms with E-state index in [4.69, 9.17) is 26.0 Å². The number of primary amides is 1. The Hall–Kier alpha value is -4.75. The highest BCUT2D eigenvalue weighted by molar-refractivity contribution is 7.23. The Bertz CT molecular complexity index is 1900. The summed E-state index contributed by atoms with van der Waals surface area (Å²) in [5, 5.41) is 30.4. The minimum Gasteiger partial charge on any atom is -0.389 e. The molecule has 326 valence electrons. The number of amidine groups is 1. The van der Waals surface area contributed by atoms with E-state index in [1.165, 1.54) is 25.3 Å². The van der Waals surface area contributed by atoms with Crippen molar-refractivity contribution in [3.8, 4) is 30.0 Å². The second-order valence-corrected chi connectivity index (χ2v) is 15.1. The first-order chi connectivity index (χ1) is 28.3. The number of ether oxygens (including phenoxy) is 1. The summed E-state index contributed by atoms with van der Waals surface area (Å²) in [4.78, 5) is 16.7. The number of unbranched alkanes of at least 4 members (excludes halogenated alkanes) is 2. The van der Waals surface area contributed by atoms with Crippen LogP contribution in [0.15, 0.2) is 29.0 Å². The maximum absolute atomic E-state index is 15.0. The molecule has 1 fully saturated rings. The molecule has 0 spiro atoms. The van der Waals surface area contributed by atoms with Crippen LogP contribution in [0.2, 0.25) is 0 Å². The molecule has 1 atom stereocenters. The minimum atomic E-state index is -0.690. The normalized spacial score (nSPS) is 14.0. The molecule has 59 heavy (non-hydrogen) atoms. The van der Waals surface area contributed by atoms with Gasteiger partial charge in [0, 0.05) is 29.8 Å². The van der Waals surface area contributed by atoms with Crippen LogP contribution in [0, 0.1) is 48.2 Å². The van der Waals surface area contributed by atoms with E-state index in [9.17, 15) is 14.4 Å². The minimum absolute atomic E-state index is 0.288. The number of likely N-dealkylation sites (tertiary alicyclic amines) is 1. The van der Waals surface area contributed by atoms with E-state index in [-0.39, 0.29) is 12.4 Å². The zero-order valence-electron chi connectivity index (χ0n) is 37.7. The summed E-state index contributed by atoms with van der Waals surface area (Å²) in [6, 6.07) is 5.48. The molecule has 10 nitrogen and oxygen atoms in total. The van der Waals surface area contributed by atoms with E-state index >= 15 is 0 Å². The van der Waals surface area contributed by atoms with Crippen molar-refractivity contribution in [1.29, 1.82) is 10.7 Å². The lowest BCUT2D eigenvalue weighted by molar-refractivity contribution is -0.120. The molecule has 1 saturated heterocycles. The first-order valence-electron chi connectivity index (χ1n) is 21.0. The van der Waals surface area contributed by atoms with E-state index in [1.54, 1.807) is 13.0 Å². The van der Waals surface area contributed by atoms with Crippen molar-refractivity contribution in [2.24, 2.45) is 16.6 Å². The summed E-state index contributed by atoms with van der Waals surface area (Å²) in [5.41, 5.74) is 18.5. The SMILES string of the molecule is C#C.CC.CCC.CCC/C=C(/NC(=NCC(C)=N)c1c(C)c(CC)c(-c2ccc(F)c3sc(N)c(C#N)c23)c2c1COC2)N1CCC(C)C1.CCCC.NC(=O)CO. The van der Waals surface area contributed by atoms with Crippen LogP contribution in [-0.4, -0.2) is 53.7 Å². The number of aliphatic hydroxyl groups excluding tert-OH is 1. The second kappa shape index (κ2) is 29.5. The first-order valence-corrected chi connectivity index (χ1v) is 21.8. The summed E-state index contributed by atoms with van der Waals surface area (Å²) in [7, 11) is 0. The van der Waals surface area contributed by atoms with Gasteiger partial charge in [0.1, 0.15) is 35.2 Å². The molecular weight excluding hydrogens is 762 g/mol. The number of nitrogens with zero attached hydrogens (tertiary/aromatic N) is 3. The van der Waals surface area contributed by atoms with Crippen molar-refractivity contribution in [1.82, 2.24) is 10.2 Å². The average molecular weight is 834 g/mol. The molecule has 5 rings (SSSR count). The molecule has 3 aromatic rings. The maximum atomic E-state index is 15.0. The lowest BCUT2D eigenvalue weighted by Gasteiger charge is -2.27. The van der Waals surface area contributed by atoms with Crippen molar-refractivity contribution in [3.63, 3.8) is 0 Å². The molecule has 7 N–H and O–H groups in total. The Morgan fingerprint density at radius 2 is 1.75 bits per heavy atom. The third kappa shape index (κ3) is 15.4. The number of allylic oxidation sites excluding steroid dienone is 1. The van der Waals surface area contributed by atoms with Crippen LogP contribution in [-0.2, 0) is 29.2 Å². The summed E-state index contributed by atoms with van der Waals surface area (Å²) in [6.45, 7) is 25.6. The Labute approximate surface area is 358 Å². The molecular formula is C47H72FN7O3S. The molecule has 1 amide bonds. The first kappa shape index (κ1) is 54.2. The number of halogens is 1. The van der Waals surface area contributed by atoms with Gasteiger partial charge in [-0.15, -0.1) is 24.2 Å². The van der Waals surface area contributed by atoms with Gasteiger partial charge in [-0.1, -0.05) is 94.1 Å². The van der Waals surface area contributed by atoms with Gasteiger partial charge in [0.05, 0.1) is 30.0 Å². The molecule has 12 heteroatoms. The number of hydrogen-bond acceptors (Lipinski definition) is 9. The molecule has 2 aliphatic rings. The fourth-order valence-corrected chi connectivity index (χ4v) is 7.36. The van der Waals surface area contributed by atoms with Crippen LogP contribution < -0.4 is 16.8 Å². The van der Waals surface area contributed by atoms with Crippen molar-refractivity contribution < 1.29 is 19.0 Å². The number of fused-ring (bicyclic) bond motifs is 2. The number of terminal acetylenes is 1. The standard InChI is InChI=1S/C34H41FN6OS.C4H10.C3H8.C2H5NO2.C2H6.C2H2/c1-6-8-9-28(41-13-12-19(3)16-41)40-34(39-15-20(4)37)29-21(5)22(7-2)30(26-18-42-17-25(26)29)23-10-11-27(35)32-31(23)24(14-36)33(38)43-32;1-3-4-2;1-3-2;3-2(5)1-4;2*1-2/h9-11,19,37H,6-8,12-13,15-18,38H2,1-5H3,(H,39,40);3-4H2,1-2H3;3H2,1-2H3;4H,1H2,(H2,3,5);1-2H3;1-2H/b28-9-,37-20?;;;;;. The third-order valence-corrected chi connectivity index (χ3v) is 10.2. The van der Waals surface area contributed by atoms with E-state index < -0.39 is 12.5 Å².